The Hall–Kier alpha value is -1.83. The maximum Gasteiger partial charge on any atom is 0.191 e. The van der Waals surface area contributed by atoms with E-state index in [-0.39, 0.29) is 35.5 Å². The Labute approximate surface area is 152 Å². The number of aromatic hydroxyl groups is 1. The van der Waals surface area contributed by atoms with E-state index in [1.165, 1.54) is 12.1 Å². The molecule has 0 saturated carbocycles. The lowest BCUT2D eigenvalue weighted by Gasteiger charge is -2.11. The SMILES string of the molecule is CCNC(=NCc1ccc(O)cc1)NCc1ccc(F)cc1.I. The predicted octanol–water partition coefficient (Wildman–Crippen LogP) is 3.40. The molecule has 0 atom stereocenters. The Morgan fingerprint density at radius 1 is 1.00 bits per heavy atom. The largest absolute Gasteiger partial charge is 0.508 e. The number of nitrogens with one attached hydrogen (secondary N) is 2. The molecule has 0 bridgehead atoms. The summed E-state index contributed by atoms with van der Waals surface area (Å²) in [6.07, 6.45) is 0. The highest BCUT2D eigenvalue weighted by Gasteiger charge is 1.99. The summed E-state index contributed by atoms with van der Waals surface area (Å²) in [5, 5.41) is 15.6. The summed E-state index contributed by atoms with van der Waals surface area (Å²) >= 11 is 0. The van der Waals surface area contributed by atoms with Crippen LogP contribution < -0.4 is 10.6 Å². The van der Waals surface area contributed by atoms with Crippen molar-refractivity contribution in [2.45, 2.75) is 20.0 Å². The average molecular weight is 429 g/mol. The molecule has 0 unspecified atom stereocenters. The van der Waals surface area contributed by atoms with Gasteiger partial charge in [-0.3, -0.25) is 0 Å². The first-order valence-electron chi connectivity index (χ1n) is 7.22. The van der Waals surface area contributed by atoms with Crippen molar-refractivity contribution in [2.24, 2.45) is 4.99 Å². The zero-order valence-corrected chi connectivity index (χ0v) is 15.3. The molecule has 3 N–H and O–H groups in total. The number of rotatable bonds is 5. The minimum Gasteiger partial charge on any atom is -0.508 e. The number of aliphatic imine (C=N–C) groups is 1. The number of benzene rings is 2. The van der Waals surface area contributed by atoms with E-state index in [9.17, 15) is 9.50 Å². The molecule has 4 nitrogen and oxygen atoms in total. The predicted molar refractivity (Wildman–Crippen MR) is 102 cm³/mol. The normalized spacial score (nSPS) is 10.8. The topological polar surface area (TPSA) is 56.7 Å². The number of nitrogens with zero attached hydrogens (tertiary/aromatic N) is 1. The zero-order valence-electron chi connectivity index (χ0n) is 12.9. The molecule has 2 aromatic carbocycles. The minimum atomic E-state index is -0.239. The molecule has 0 aromatic heterocycles. The van der Waals surface area contributed by atoms with E-state index in [2.05, 4.69) is 15.6 Å². The van der Waals surface area contributed by atoms with Crippen LogP contribution in [0.25, 0.3) is 0 Å². The molecule has 23 heavy (non-hydrogen) atoms. The van der Waals surface area contributed by atoms with Gasteiger partial charge in [0, 0.05) is 13.1 Å². The maximum atomic E-state index is 12.9. The minimum absolute atomic E-state index is 0. The molecule has 0 amide bonds. The van der Waals surface area contributed by atoms with Crippen LogP contribution in [-0.2, 0) is 13.1 Å². The summed E-state index contributed by atoms with van der Waals surface area (Å²) in [5.74, 6) is 0.700. The van der Waals surface area contributed by atoms with Gasteiger partial charge in [-0.25, -0.2) is 9.38 Å². The summed E-state index contributed by atoms with van der Waals surface area (Å²) in [5.41, 5.74) is 1.99. The summed E-state index contributed by atoms with van der Waals surface area (Å²) < 4.78 is 12.9. The monoisotopic (exact) mass is 429 g/mol. The van der Waals surface area contributed by atoms with Crippen molar-refractivity contribution in [1.82, 2.24) is 10.6 Å². The molecule has 0 saturated heterocycles. The lowest BCUT2D eigenvalue weighted by atomic mass is 10.2. The van der Waals surface area contributed by atoms with Gasteiger partial charge < -0.3 is 15.7 Å². The first-order valence-corrected chi connectivity index (χ1v) is 7.22. The number of hydrogen-bond donors (Lipinski definition) is 3. The Morgan fingerprint density at radius 2 is 1.61 bits per heavy atom. The van der Waals surface area contributed by atoms with Crippen LogP contribution in [0.2, 0.25) is 0 Å². The van der Waals surface area contributed by atoms with Crippen molar-refractivity contribution in [3.63, 3.8) is 0 Å². The molecule has 0 radical (unpaired) electrons. The second-order valence-electron chi connectivity index (χ2n) is 4.84. The van der Waals surface area contributed by atoms with Gasteiger partial charge >= 0.3 is 0 Å². The van der Waals surface area contributed by atoms with Gasteiger partial charge in [0.1, 0.15) is 11.6 Å². The van der Waals surface area contributed by atoms with Gasteiger partial charge in [0.2, 0.25) is 0 Å². The number of hydrogen-bond acceptors (Lipinski definition) is 2. The maximum absolute atomic E-state index is 12.9. The summed E-state index contributed by atoms with van der Waals surface area (Å²) in [6.45, 7) is 3.83. The highest BCUT2D eigenvalue weighted by atomic mass is 127. The van der Waals surface area contributed by atoms with Crippen LogP contribution in [0.4, 0.5) is 4.39 Å². The molecular formula is C17H21FIN3O. The molecule has 124 valence electrons. The van der Waals surface area contributed by atoms with Crippen LogP contribution in [0.3, 0.4) is 0 Å². The van der Waals surface area contributed by atoms with E-state index >= 15 is 0 Å². The average Bonchev–Trinajstić information content (AvgIpc) is 2.53. The Balaban J connectivity index is 0.00000264. The van der Waals surface area contributed by atoms with Gasteiger partial charge in [-0.1, -0.05) is 24.3 Å². The number of phenolic OH excluding ortho intramolecular Hbond substituents is 1. The second-order valence-corrected chi connectivity index (χ2v) is 4.84. The van der Waals surface area contributed by atoms with Crippen LogP contribution >= 0.6 is 24.0 Å². The molecule has 0 aliphatic heterocycles. The molecule has 0 heterocycles. The van der Waals surface area contributed by atoms with Crippen molar-refractivity contribution in [3.8, 4) is 5.75 Å². The highest BCUT2D eigenvalue weighted by molar-refractivity contribution is 14.0. The fraction of sp³-hybridized carbons (Fsp3) is 0.235. The van der Waals surface area contributed by atoms with Crippen molar-refractivity contribution in [2.75, 3.05) is 6.54 Å². The van der Waals surface area contributed by atoms with Gasteiger partial charge in [0.15, 0.2) is 5.96 Å². The summed E-state index contributed by atoms with van der Waals surface area (Å²) in [7, 11) is 0. The highest BCUT2D eigenvalue weighted by Crippen LogP contribution is 2.10. The zero-order chi connectivity index (χ0) is 15.8. The van der Waals surface area contributed by atoms with Crippen LogP contribution in [0.1, 0.15) is 18.1 Å². The van der Waals surface area contributed by atoms with Gasteiger partial charge in [0.05, 0.1) is 6.54 Å². The van der Waals surface area contributed by atoms with Gasteiger partial charge in [-0.05, 0) is 42.3 Å². The Kier molecular flexibility index (Phi) is 8.39. The third kappa shape index (κ3) is 6.85. The smallest absolute Gasteiger partial charge is 0.191 e. The van der Waals surface area contributed by atoms with Crippen LogP contribution in [0, 0.1) is 5.82 Å². The standard InChI is InChI=1S/C17H20FN3O.HI/c1-2-19-17(20-11-13-3-7-15(18)8-4-13)21-12-14-5-9-16(22)10-6-14;/h3-10,22H,2,11-12H2,1H3,(H2,19,20,21);1H. The van der Waals surface area contributed by atoms with Crippen LogP contribution in [-0.4, -0.2) is 17.6 Å². The number of halogens is 2. The molecule has 0 spiro atoms. The summed E-state index contributed by atoms with van der Waals surface area (Å²) in [6, 6.07) is 13.3. The van der Waals surface area contributed by atoms with Gasteiger partial charge in [-0.15, -0.1) is 24.0 Å². The molecule has 2 rings (SSSR count). The van der Waals surface area contributed by atoms with Crippen molar-refractivity contribution in [1.29, 1.82) is 0 Å². The molecule has 6 heteroatoms. The van der Waals surface area contributed by atoms with Crippen molar-refractivity contribution < 1.29 is 9.50 Å². The molecule has 2 aromatic rings. The summed E-state index contributed by atoms with van der Waals surface area (Å²) in [4.78, 5) is 4.48. The lowest BCUT2D eigenvalue weighted by molar-refractivity contribution is 0.475. The van der Waals surface area contributed by atoms with Gasteiger partial charge in [-0.2, -0.15) is 0 Å². The fourth-order valence-electron chi connectivity index (χ4n) is 1.90. The third-order valence-electron chi connectivity index (χ3n) is 3.07. The quantitative estimate of drug-likeness (QED) is 0.388. The molecule has 0 aliphatic rings. The van der Waals surface area contributed by atoms with E-state index in [1.54, 1.807) is 24.3 Å². The fourth-order valence-corrected chi connectivity index (χ4v) is 1.90. The Morgan fingerprint density at radius 3 is 2.22 bits per heavy atom. The Bertz CT molecular complexity index is 615. The number of guanidine groups is 1. The molecular weight excluding hydrogens is 408 g/mol. The number of phenols is 1. The van der Waals surface area contributed by atoms with E-state index in [1.807, 2.05) is 19.1 Å². The van der Waals surface area contributed by atoms with Crippen LogP contribution in [0.15, 0.2) is 53.5 Å². The molecule has 0 fully saturated rings. The molecule has 0 aliphatic carbocycles. The van der Waals surface area contributed by atoms with E-state index in [0.29, 0.717) is 19.0 Å². The van der Waals surface area contributed by atoms with E-state index in [0.717, 1.165) is 17.7 Å². The van der Waals surface area contributed by atoms with E-state index < -0.39 is 0 Å². The van der Waals surface area contributed by atoms with Crippen LogP contribution in [0.5, 0.6) is 5.75 Å². The second kappa shape index (κ2) is 10.0. The van der Waals surface area contributed by atoms with Crippen molar-refractivity contribution >= 4 is 29.9 Å². The third-order valence-corrected chi connectivity index (χ3v) is 3.07. The van der Waals surface area contributed by atoms with Crippen molar-refractivity contribution in [3.05, 3.63) is 65.5 Å². The first kappa shape index (κ1) is 19.2. The lowest BCUT2D eigenvalue weighted by Crippen LogP contribution is -2.36. The van der Waals surface area contributed by atoms with Gasteiger partial charge in [0.25, 0.3) is 0 Å². The first-order chi connectivity index (χ1) is 10.7. The van der Waals surface area contributed by atoms with E-state index in [4.69, 9.17) is 0 Å².